The first kappa shape index (κ1) is 19.4. The summed E-state index contributed by atoms with van der Waals surface area (Å²) >= 11 is 0. The van der Waals surface area contributed by atoms with Crippen LogP contribution in [0.2, 0.25) is 0 Å². The van der Waals surface area contributed by atoms with Gasteiger partial charge in [-0.05, 0) is 56.2 Å². The molecule has 9 heteroatoms. The molecule has 2 N–H and O–H groups in total. The van der Waals surface area contributed by atoms with Crippen molar-refractivity contribution in [1.29, 1.82) is 5.26 Å². The molecule has 152 valence electrons. The molecule has 0 unspecified atom stereocenters. The molecule has 0 spiro atoms. The zero-order valence-corrected chi connectivity index (χ0v) is 16.2. The van der Waals surface area contributed by atoms with Crippen LogP contribution in [0.25, 0.3) is 0 Å². The van der Waals surface area contributed by atoms with Crippen LogP contribution in [-0.2, 0) is 0 Å². The molecule has 1 aliphatic rings. The predicted molar refractivity (Wildman–Crippen MR) is 111 cm³/mol. The van der Waals surface area contributed by atoms with E-state index in [4.69, 9.17) is 0 Å². The lowest BCUT2D eigenvalue weighted by Gasteiger charge is -2.24. The van der Waals surface area contributed by atoms with E-state index >= 15 is 0 Å². The highest BCUT2D eigenvalue weighted by Gasteiger charge is 2.28. The van der Waals surface area contributed by atoms with E-state index in [1.165, 1.54) is 24.3 Å². The summed E-state index contributed by atoms with van der Waals surface area (Å²) in [5.74, 6) is 0.506. The van der Waals surface area contributed by atoms with Gasteiger partial charge in [0.2, 0.25) is 0 Å². The molecule has 0 amide bonds. The zero-order valence-electron chi connectivity index (χ0n) is 16.2. The van der Waals surface area contributed by atoms with Crippen LogP contribution >= 0.6 is 0 Å². The second kappa shape index (κ2) is 7.83. The summed E-state index contributed by atoms with van der Waals surface area (Å²) in [6.07, 6.45) is 2.19. The van der Waals surface area contributed by atoms with Crippen LogP contribution in [0.3, 0.4) is 0 Å². The molecule has 0 aliphatic heterocycles. The molecule has 0 bridgehead atoms. The lowest BCUT2D eigenvalue weighted by Crippen LogP contribution is -2.18. The Hall–Kier alpha value is -3.93. The van der Waals surface area contributed by atoms with Crippen molar-refractivity contribution in [2.24, 2.45) is 0 Å². The van der Waals surface area contributed by atoms with Crippen molar-refractivity contribution >= 4 is 28.6 Å². The van der Waals surface area contributed by atoms with Crippen molar-refractivity contribution in [3.8, 4) is 6.07 Å². The zero-order chi connectivity index (χ0) is 21.3. The molecule has 30 heavy (non-hydrogen) atoms. The molecule has 8 nitrogen and oxygen atoms in total. The number of hydrogen-bond donors (Lipinski definition) is 2. The number of nitro benzene ring substituents is 1. The SMILES string of the molecule is CCN(c1ccc(F)cc1)c1cc(C#N)cc(Nc2cc(C3CC3)[nH]n2)c1[N+](=O)[O-]. The molecule has 3 aromatic rings. The molecule has 0 saturated heterocycles. The van der Waals surface area contributed by atoms with Gasteiger partial charge in [-0.3, -0.25) is 15.2 Å². The normalized spacial score (nSPS) is 13.0. The van der Waals surface area contributed by atoms with Gasteiger partial charge in [0.05, 0.1) is 16.6 Å². The van der Waals surface area contributed by atoms with Crippen LogP contribution in [-0.4, -0.2) is 21.7 Å². The van der Waals surface area contributed by atoms with Gasteiger partial charge in [-0.15, -0.1) is 0 Å². The third-order valence-corrected chi connectivity index (χ3v) is 5.02. The summed E-state index contributed by atoms with van der Waals surface area (Å²) in [5, 5.41) is 31.7. The van der Waals surface area contributed by atoms with Crippen LogP contribution in [0, 0.1) is 27.3 Å². The van der Waals surface area contributed by atoms with E-state index < -0.39 is 10.7 Å². The van der Waals surface area contributed by atoms with Crippen LogP contribution in [0.1, 0.15) is 36.9 Å². The van der Waals surface area contributed by atoms with E-state index in [2.05, 4.69) is 21.6 Å². The minimum atomic E-state index is -0.487. The van der Waals surface area contributed by atoms with Gasteiger partial charge in [0, 0.05) is 29.9 Å². The molecule has 1 aromatic heterocycles. The molecule has 1 saturated carbocycles. The highest BCUT2D eigenvalue weighted by atomic mass is 19.1. The van der Waals surface area contributed by atoms with Crippen molar-refractivity contribution in [3.63, 3.8) is 0 Å². The van der Waals surface area contributed by atoms with E-state index in [9.17, 15) is 19.8 Å². The highest BCUT2D eigenvalue weighted by Crippen LogP contribution is 2.42. The number of halogens is 1. The standard InChI is InChI=1S/C21H19FN6O2/c1-2-27(16-7-5-15(22)6-8-16)19-10-13(12-23)9-18(21(19)28(29)30)24-20-11-17(25-26-20)14-3-4-14/h5-11,14H,2-4H2,1H3,(H2,24,25,26). The summed E-state index contributed by atoms with van der Waals surface area (Å²) in [7, 11) is 0. The van der Waals surface area contributed by atoms with E-state index in [-0.39, 0.29) is 22.6 Å². The second-order valence-corrected chi connectivity index (χ2v) is 7.09. The second-order valence-electron chi connectivity index (χ2n) is 7.09. The lowest BCUT2D eigenvalue weighted by molar-refractivity contribution is -0.383. The predicted octanol–water partition coefficient (Wildman–Crippen LogP) is 5.11. The summed E-state index contributed by atoms with van der Waals surface area (Å²) in [6, 6.07) is 12.5. The number of hydrogen-bond acceptors (Lipinski definition) is 6. The number of nitrogens with zero attached hydrogens (tertiary/aromatic N) is 4. The fraction of sp³-hybridized carbons (Fsp3) is 0.238. The van der Waals surface area contributed by atoms with Crippen molar-refractivity contribution in [3.05, 3.63) is 69.7 Å². The van der Waals surface area contributed by atoms with Crippen molar-refractivity contribution < 1.29 is 9.31 Å². The average molecular weight is 406 g/mol. The third kappa shape index (κ3) is 3.80. The Bertz CT molecular complexity index is 1130. The quantitative estimate of drug-likeness (QED) is 0.417. The molecule has 1 fully saturated rings. The number of benzene rings is 2. The Labute approximate surface area is 172 Å². The van der Waals surface area contributed by atoms with Gasteiger partial charge in [0.15, 0.2) is 5.82 Å². The first-order valence-corrected chi connectivity index (χ1v) is 9.58. The minimum absolute atomic E-state index is 0.170. The number of nitro groups is 1. The molecule has 1 aliphatic carbocycles. The van der Waals surface area contributed by atoms with Gasteiger partial charge < -0.3 is 10.2 Å². The Morgan fingerprint density at radius 3 is 2.67 bits per heavy atom. The van der Waals surface area contributed by atoms with Crippen molar-refractivity contribution in [2.75, 3.05) is 16.8 Å². The molecule has 4 rings (SSSR count). The average Bonchev–Trinajstić information content (AvgIpc) is 3.48. The van der Waals surface area contributed by atoms with Gasteiger partial charge in [0.1, 0.15) is 17.2 Å². The topological polar surface area (TPSA) is 111 Å². The third-order valence-electron chi connectivity index (χ3n) is 5.02. The van der Waals surface area contributed by atoms with E-state index in [0.29, 0.717) is 24.0 Å². The Morgan fingerprint density at radius 2 is 2.07 bits per heavy atom. The fourth-order valence-corrected chi connectivity index (χ4v) is 3.43. The van der Waals surface area contributed by atoms with E-state index in [1.54, 1.807) is 17.0 Å². The lowest BCUT2D eigenvalue weighted by atomic mass is 10.1. The maximum Gasteiger partial charge on any atom is 0.316 e. The summed E-state index contributed by atoms with van der Waals surface area (Å²) in [4.78, 5) is 13.2. The number of anilines is 4. The number of nitriles is 1. The largest absolute Gasteiger partial charge is 0.336 e. The molecule has 0 radical (unpaired) electrons. The highest BCUT2D eigenvalue weighted by molar-refractivity contribution is 5.84. The maximum atomic E-state index is 13.4. The Balaban J connectivity index is 1.80. The van der Waals surface area contributed by atoms with Crippen molar-refractivity contribution in [1.82, 2.24) is 10.2 Å². The number of rotatable bonds is 7. The first-order chi connectivity index (χ1) is 14.5. The van der Waals surface area contributed by atoms with Gasteiger partial charge >= 0.3 is 5.69 Å². The van der Waals surface area contributed by atoms with E-state index in [0.717, 1.165) is 18.5 Å². The van der Waals surface area contributed by atoms with Gasteiger partial charge in [-0.25, -0.2) is 4.39 Å². The molecule has 2 aromatic carbocycles. The van der Waals surface area contributed by atoms with Gasteiger partial charge in [-0.1, -0.05) is 0 Å². The Morgan fingerprint density at radius 1 is 1.33 bits per heavy atom. The Kier molecular flexibility index (Phi) is 5.06. The summed E-state index contributed by atoms with van der Waals surface area (Å²) in [6.45, 7) is 2.21. The van der Waals surface area contributed by atoms with Crippen LogP contribution < -0.4 is 10.2 Å². The number of aromatic amines is 1. The van der Waals surface area contributed by atoms with Crippen LogP contribution in [0.15, 0.2) is 42.5 Å². The van der Waals surface area contributed by atoms with Crippen molar-refractivity contribution in [2.45, 2.75) is 25.7 Å². The summed E-state index contributed by atoms with van der Waals surface area (Å²) in [5.41, 5.74) is 2.06. The van der Waals surface area contributed by atoms with Gasteiger partial charge in [0.25, 0.3) is 0 Å². The molecular formula is C21H19FN6O2. The first-order valence-electron chi connectivity index (χ1n) is 9.58. The van der Waals surface area contributed by atoms with Crippen LogP contribution in [0.4, 0.5) is 33.0 Å². The fourth-order valence-electron chi connectivity index (χ4n) is 3.43. The minimum Gasteiger partial charge on any atom is -0.336 e. The smallest absolute Gasteiger partial charge is 0.316 e. The number of nitrogens with one attached hydrogen (secondary N) is 2. The monoisotopic (exact) mass is 406 g/mol. The molecule has 0 atom stereocenters. The molecule has 1 heterocycles. The van der Waals surface area contributed by atoms with E-state index in [1.807, 2.05) is 13.0 Å². The van der Waals surface area contributed by atoms with Gasteiger partial charge in [-0.2, -0.15) is 10.4 Å². The maximum absolute atomic E-state index is 13.4. The number of aromatic nitrogens is 2. The summed E-state index contributed by atoms with van der Waals surface area (Å²) < 4.78 is 13.4. The number of H-pyrrole nitrogens is 1. The van der Waals surface area contributed by atoms with Crippen LogP contribution in [0.5, 0.6) is 0 Å². The molecular weight excluding hydrogens is 387 g/mol.